The molecular weight excluding hydrogens is 440 g/mol. The van der Waals surface area contributed by atoms with Gasteiger partial charge in [0.15, 0.2) is 0 Å². The number of phenols is 1. The van der Waals surface area contributed by atoms with Crippen LogP contribution in [0.3, 0.4) is 0 Å². The summed E-state index contributed by atoms with van der Waals surface area (Å²) in [5, 5.41) is 22.5. The molecule has 0 fully saturated rings. The van der Waals surface area contributed by atoms with E-state index in [-0.39, 0.29) is 17.2 Å². The maximum Gasteiger partial charge on any atom is 0.417 e. The minimum Gasteiger partial charge on any atom is -0.508 e. The summed E-state index contributed by atoms with van der Waals surface area (Å²) in [5.41, 5.74) is 0.455. The number of rotatable bonds is 12. The van der Waals surface area contributed by atoms with Crippen molar-refractivity contribution in [3.63, 3.8) is 0 Å². The van der Waals surface area contributed by atoms with Gasteiger partial charge in [-0.2, -0.15) is 0 Å². The Kier molecular flexibility index (Phi) is 9.09. The highest BCUT2D eigenvalue weighted by Gasteiger charge is 2.08. The summed E-state index contributed by atoms with van der Waals surface area (Å²) in [6.45, 7) is 1.22. The lowest BCUT2D eigenvalue weighted by molar-refractivity contribution is -0.384. The number of anilines is 1. The third-order valence-corrected chi connectivity index (χ3v) is 4.77. The first-order chi connectivity index (χ1) is 16.5. The predicted molar refractivity (Wildman–Crippen MR) is 127 cm³/mol. The van der Waals surface area contributed by atoms with E-state index in [2.05, 4.69) is 5.32 Å². The lowest BCUT2D eigenvalue weighted by atomic mass is 10.2. The number of nitrogens with one attached hydrogen (secondary N) is 1. The molecule has 0 heterocycles. The number of ether oxygens (including phenoxy) is 3. The molecule has 9 nitrogen and oxygen atoms in total. The summed E-state index contributed by atoms with van der Waals surface area (Å²) in [4.78, 5) is 22.1. The molecule has 2 N–H and O–H groups in total. The summed E-state index contributed by atoms with van der Waals surface area (Å²) in [6, 6.07) is 18.8. The van der Waals surface area contributed by atoms with Crippen LogP contribution in [0.1, 0.15) is 25.7 Å². The molecule has 178 valence electrons. The van der Waals surface area contributed by atoms with Crippen LogP contribution in [0.2, 0.25) is 0 Å². The number of nitro benzene ring substituents is 1. The Hall–Kier alpha value is -4.27. The van der Waals surface area contributed by atoms with E-state index in [1.807, 2.05) is 0 Å². The molecule has 3 aromatic rings. The molecular formula is C25H26N2O7. The van der Waals surface area contributed by atoms with Crippen LogP contribution in [0.5, 0.6) is 23.0 Å². The van der Waals surface area contributed by atoms with E-state index >= 15 is 0 Å². The summed E-state index contributed by atoms with van der Waals surface area (Å²) >= 11 is 0. The summed E-state index contributed by atoms with van der Waals surface area (Å²) in [5.74, 6) is 1.87. The number of nitro groups is 1. The largest absolute Gasteiger partial charge is 0.508 e. The van der Waals surface area contributed by atoms with Gasteiger partial charge in [-0.05, 0) is 86.3 Å². The second-order valence-corrected chi connectivity index (χ2v) is 7.39. The van der Waals surface area contributed by atoms with Gasteiger partial charge in [-0.25, -0.2) is 4.79 Å². The number of nitrogens with zero attached hydrogens (tertiary/aromatic N) is 1. The maximum atomic E-state index is 12.0. The minimum absolute atomic E-state index is 0.0806. The van der Waals surface area contributed by atoms with Crippen LogP contribution >= 0.6 is 0 Å². The van der Waals surface area contributed by atoms with E-state index in [9.17, 15) is 20.0 Å². The van der Waals surface area contributed by atoms with E-state index in [0.29, 0.717) is 24.7 Å². The predicted octanol–water partition coefficient (Wildman–Crippen LogP) is 5.93. The fourth-order valence-electron chi connectivity index (χ4n) is 3.00. The van der Waals surface area contributed by atoms with Gasteiger partial charge in [0.05, 0.1) is 18.1 Å². The summed E-state index contributed by atoms with van der Waals surface area (Å²) < 4.78 is 16.5. The Bertz CT molecular complexity index is 1050. The SMILES string of the molecule is O=C(Nc1ccc(OCCCCCCOc2ccc(O)cc2)cc1)Oc1ccc([N+](=O)[O-])cc1. The van der Waals surface area contributed by atoms with Gasteiger partial charge in [-0.1, -0.05) is 0 Å². The number of aromatic hydroxyl groups is 1. The molecule has 0 radical (unpaired) electrons. The zero-order valence-corrected chi connectivity index (χ0v) is 18.5. The van der Waals surface area contributed by atoms with Gasteiger partial charge in [0.2, 0.25) is 0 Å². The first-order valence-corrected chi connectivity index (χ1v) is 10.9. The number of hydrogen-bond donors (Lipinski definition) is 2. The van der Waals surface area contributed by atoms with E-state index in [4.69, 9.17) is 14.2 Å². The lowest BCUT2D eigenvalue weighted by Gasteiger charge is -2.09. The normalized spacial score (nSPS) is 10.4. The Balaban J connectivity index is 1.27. The van der Waals surface area contributed by atoms with Crippen LogP contribution in [0, 0.1) is 10.1 Å². The van der Waals surface area contributed by atoms with Gasteiger partial charge < -0.3 is 19.3 Å². The molecule has 1 amide bonds. The second kappa shape index (κ2) is 12.7. The van der Waals surface area contributed by atoms with Gasteiger partial charge in [0.25, 0.3) is 5.69 Å². The first kappa shape index (κ1) is 24.4. The topological polar surface area (TPSA) is 120 Å². The standard InChI is InChI=1S/C25H26N2O7/c28-21-9-15-23(16-10-21)33-18-4-2-1-3-17-32-22-11-5-19(6-12-22)26-25(29)34-24-13-7-20(8-14-24)27(30)31/h5-16,28H,1-4,17-18H2,(H,26,29). The van der Waals surface area contributed by atoms with Crippen molar-refractivity contribution in [3.05, 3.63) is 82.9 Å². The van der Waals surface area contributed by atoms with E-state index in [0.717, 1.165) is 31.4 Å². The van der Waals surface area contributed by atoms with Crippen LogP contribution in [-0.2, 0) is 0 Å². The number of carbonyl (C=O) groups excluding carboxylic acids is 1. The van der Waals surface area contributed by atoms with Gasteiger partial charge >= 0.3 is 6.09 Å². The van der Waals surface area contributed by atoms with Gasteiger partial charge in [-0.15, -0.1) is 0 Å². The van der Waals surface area contributed by atoms with Crippen LogP contribution in [-0.4, -0.2) is 29.3 Å². The zero-order chi connectivity index (χ0) is 24.2. The molecule has 0 aliphatic heterocycles. The molecule has 0 saturated heterocycles. The van der Waals surface area contributed by atoms with Crippen molar-refractivity contribution in [2.24, 2.45) is 0 Å². The Morgan fingerprint density at radius 3 is 1.79 bits per heavy atom. The molecule has 0 aliphatic rings. The number of hydrogen-bond acceptors (Lipinski definition) is 7. The highest BCUT2D eigenvalue weighted by atomic mass is 16.6. The van der Waals surface area contributed by atoms with Crippen molar-refractivity contribution in [1.29, 1.82) is 0 Å². The molecule has 3 aromatic carbocycles. The van der Waals surface area contributed by atoms with Crippen LogP contribution in [0.15, 0.2) is 72.8 Å². The zero-order valence-electron chi connectivity index (χ0n) is 18.5. The van der Waals surface area contributed by atoms with Crippen molar-refractivity contribution in [2.75, 3.05) is 18.5 Å². The highest BCUT2D eigenvalue weighted by Crippen LogP contribution is 2.20. The summed E-state index contributed by atoms with van der Waals surface area (Å²) in [6.07, 6.45) is 3.21. The van der Waals surface area contributed by atoms with Crippen LogP contribution in [0.4, 0.5) is 16.2 Å². The van der Waals surface area contributed by atoms with Crippen molar-refractivity contribution in [3.8, 4) is 23.0 Å². The third-order valence-electron chi connectivity index (χ3n) is 4.77. The number of carbonyl (C=O) groups is 1. The number of unbranched alkanes of at least 4 members (excludes halogenated alkanes) is 3. The van der Waals surface area contributed by atoms with E-state index in [1.54, 1.807) is 48.5 Å². The van der Waals surface area contributed by atoms with Crippen molar-refractivity contribution in [1.82, 2.24) is 0 Å². The molecule has 0 saturated carbocycles. The molecule has 0 aliphatic carbocycles. The van der Waals surface area contributed by atoms with E-state index in [1.165, 1.54) is 24.3 Å². The molecule has 34 heavy (non-hydrogen) atoms. The number of benzene rings is 3. The maximum absolute atomic E-state index is 12.0. The highest BCUT2D eigenvalue weighted by molar-refractivity contribution is 5.86. The smallest absolute Gasteiger partial charge is 0.417 e. The fraction of sp³-hybridized carbons (Fsp3) is 0.240. The van der Waals surface area contributed by atoms with E-state index < -0.39 is 11.0 Å². The first-order valence-electron chi connectivity index (χ1n) is 10.9. The van der Waals surface area contributed by atoms with Crippen molar-refractivity contribution in [2.45, 2.75) is 25.7 Å². The average Bonchev–Trinajstić information content (AvgIpc) is 2.83. The summed E-state index contributed by atoms with van der Waals surface area (Å²) in [7, 11) is 0. The van der Waals surface area contributed by atoms with Gasteiger partial charge in [-0.3, -0.25) is 15.4 Å². The van der Waals surface area contributed by atoms with Gasteiger partial charge in [0, 0.05) is 17.8 Å². The van der Waals surface area contributed by atoms with Crippen molar-refractivity contribution < 1.29 is 29.0 Å². The Morgan fingerprint density at radius 2 is 1.26 bits per heavy atom. The fourth-order valence-corrected chi connectivity index (χ4v) is 3.00. The minimum atomic E-state index is -0.697. The quantitative estimate of drug-likeness (QED) is 0.193. The molecule has 0 atom stereocenters. The monoisotopic (exact) mass is 466 g/mol. The molecule has 0 spiro atoms. The number of phenolic OH excluding ortho intramolecular Hbond substituents is 1. The van der Waals surface area contributed by atoms with Crippen LogP contribution in [0.25, 0.3) is 0 Å². The Labute approximate surface area is 197 Å². The third kappa shape index (κ3) is 8.34. The second-order valence-electron chi connectivity index (χ2n) is 7.39. The number of amides is 1. The van der Waals surface area contributed by atoms with Crippen LogP contribution < -0.4 is 19.5 Å². The molecule has 0 bridgehead atoms. The number of non-ortho nitro benzene ring substituents is 1. The Morgan fingerprint density at radius 1 is 0.765 bits per heavy atom. The van der Waals surface area contributed by atoms with Crippen molar-refractivity contribution >= 4 is 17.5 Å². The average molecular weight is 466 g/mol. The lowest BCUT2D eigenvalue weighted by Crippen LogP contribution is -2.16. The molecule has 3 rings (SSSR count). The molecule has 9 heteroatoms. The molecule has 0 aromatic heterocycles. The molecule has 0 unspecified atom stereocenters. The van der Waals surface area contributed by atoms with Gasteiger partial charge in [0.1, 0.15) is 23.0 Å².